The molecular formula is C39H29N. The third kappa shape index (κ3) is 2.77. The third-order valence-electron chi connectivity index (χ3n) is 9.60. The summed E-state index contributed by atoms with van der Waals surface area (Å²) < 4.78 is 2.49. The highest BCUT2D eigenvalue weighted by atomic mass is 15.0. The second kappa shape index (κ2) is 7.73. The van der Waals surface area contributed by atoms with Crippen molar-refractivity contribution in [2.45, 2.75) is 32.1 Å². The van der Waals surface area contributed by atoms with E-state index in [-0.39, 0.29) is 5.41 Å². The Morgan fingerprint density at radius 3 is 2.38 bits per heavy atom. The van der Waals surface area contributed by atoms with E-state index in [4.69, 9.17) is 0 Å². The highest BCUT2D eigenvalue weighted by Crippen LogP contribution is 2.55. The van der Waals surface area contributed by atoms with Crippen molar-refractivity contribution in [1.29, 1.82) is 0 Å². The van der Waals surface area contributed by atoms with Crippen LogP contribution in [0.1, 0.15) is 42.5 Å². The summed E-state index contributed by atoms with van der Waals surface area (Å²) in [5.74, 6) is 0. The fourth-order valence-corrected chi connectivity index (χ4v) is 7.80. The lowest BCUT2D eigenvalue weighted by Crippen LogP contribution is -2.15. The maximum Gasteiger partial charge on any atom is 0.0547 e. The number of rotatable bonds is 1. The molecule has 40 heavy (non-hydrogen) atoms. The predicted octanol–water partition coefficient (Wildman–Crippen LogP) is 10.4. The standard InChI is InChI=1S/C39H29N/c1-39(2)33-21-22-35-37(36(33)31-20-18-25-10-4-6-12-29(25)38(31)39)30-13-7-8-14-34(30)40(35)27-19-17-26-16-15-24-9-3-5-11-28(24)32(26)23-27/h4-8,10-23H,3,9H2,1-2H3. The van der Waals surface area contributed by atoms with Crippen molar-refractivity contribution < 1.29 is 0 Å². The van der Waals surface area contributed by atoms with Gasteiger partial charge in [-0.2, -0.15) is 0 Å². The summed E-state index contributed by atoms with van der Waals surface area (Å²) in [6.07, 6.45) is 6.90. The number of hydrogen-bond acceptors (Lipinski definition) is 0. The highest BCUT2D eigenvalue weighted by Gasteiger charge is 2.38. The SMILES string of the molecule is CC1(C)c2ccc3c(c2-c2ccc4ccccc4c21)c1ccccc1n3-c1ccc2ccc3c(c2c1)C=CCC3. The first-order valence-electron chi connectivity index (χ1n) is 14.4. The van der Waals surface area contributed by atoms with Crippen LogP contribution < -0.4 is 0 Å². The first-order chi connectivity index (χ1) is 19.6. The van der Waals surface area contributed by atoms with E-state index in [1.807, 2.05) is 0 Å². The minimum atomic E-state index is -0.0722. The van der Waals surface area contributed by atoms with Crippen molar-refractivity contribution in [2.24, 2.45) is 0 Å². The van der Waals surface area contributed by atoms with Crippen LogP contribution in [0.2, 0.25) is 0 Å². The second-order valence-electron chi connectivity index (χ2n) is 12.1. The molecule has 0 bridgehead atoms. The van der Waals surface area contributed by atoms with Gasteiger partial charge < -0.3 is 4.57 Å². The summed E-state index contributed by atoms with van der Waals surface area (Å²) >= 11 is 0. The second-order valence-corrected chi connectivity index (χ2v) is 12.1. The minimum absolute atomic E-state index is 0.0722. The molecular weight excluding hydrogens is 482 g/mol. The molecule has 0 saturated heterocycles. The number of aromatic nitrogens is 1. The van der Waals surface area contributed by atoms with Crippen LogP contribution in [0.4, 0.5) is 0 Å². The van der Waals surface area contributed by atoms with Gasteiger partial charge in [0.05, 0.1) is 11.0 Å². The molecule has 0 saturated carbocycles. The number of fused-ring (bicyclic) bond motifs is 12. The Labute approximate surface area is 234 Å². The van der Waals surface area contributed by atoms with Gasteiger partial charge in [-0.3, -0.25) is 0 Å². The molecule has 0 amide bonds. The summed E-state index contributed by atoms with van der Waals surface area (Å²) in [4.78, 5) is 0. The van der Waals surface area contributed by atoms with Crippen LogP contribution in [-0.2, 0) is 11.8 Å². The fourth-order valence-electron chi connectivity index (χ4n) is 7.80. The summed E-state index contributed by atoms with van der Waals surface area (Å²) in [6, 6.07) is 38.9. The van der Waals surface area contributed by atoms with Crippen molar-refractivity contribution in [2.75, 3.05) is 0 Å². The minimum Gasteiger partial charge on any atom is -0.309 e. The Morgan fingerprint density at radius 2 is 1.45 bits per heavy atom. The van der Waals surface area contributed by atoms with Gasteiger partial charge in [0.15, 0.2) is 0 Å². The Bertz CT molecular complexity index is 2240. The molecule has 1 heteroatoms. The molecule has 7 aromatic rings. The quantitative estimate of drug-likeness (QED) is 0.207. The fraction of sp³-hybridized carbons (Fsp3) is 0.128. The lowest BCUT2D eigenvalue weighted by Gasteiger charge is -2.23. The zero-order valence-electron chi connectivity index (χ0n) is 22.8. The van der Waals surface area contributed by atoms with E-state index in [2.05, 4.69) is 134 Å². The molecule has 6 aromatic carbocycles. The van der Waals surface area contributed by atoms with E-state index in [0.29, 0.717) is 0 Å². The van der Waals surface area contributed by atoms with Gasteiger partial charge in [0.25, 0.3) is 0 Å². The molecule has 2 aliphatic carbocycles. The van der Waals surface area contributed by atoms with Gasteiger partial charge in [-0.25, -0.2) is 0 Å². The maximum absolute atomic E-state index is 2.49. The van der Waals surface area contributed by atoms with Gasteiger partial charge >= 0.3 is 0 Å². The highest BCUT2D eigenvalue weighted by molar-refractivity contribution is 6.19. The largest absolute Gasteiger partial charge is 0.309 e. The zero-order valence-corrected chi connectivity index (χ0v) is 22.8. The molecule has 0 fully saturated rings. The lowest BCUT2D eigenvalue weighted by atomic mass is 9.80. The van der Waals surface area contributed by atoms with E-state index in [1.54, 1.807) is 0 Å². The van der Waals surface area contributed by atoms with Crippen LogP contribution in [0.25, 0.3) is 66.2 Å². The molecule has 0 spiro atoms. The summed E-state index contributed by atoms with van der Waals surface area (Å²) in [7, 11) is 0. The number of aryl methyl sites for hydroxylation is 1. The Balaban J connectivity index is 1.40. The molecule has 0 atom stereocenters. The summed E-state index contributed by atoms with van der Waals surface area (Å²) in [5.41, 5.74) is 12.2. The summed E-state index contributed by atoms with van der Waals surface area (Å²) in [5, 5.41) is 8.01. The Hall–Kier alpha value is -4.62. The summed E-state index contributed by atoms with van der Waals surface area (Å²) in [6.45, 7) is 4.80. The molecule has 2 aliphatic rings. The molecule has 0 aliphatic heterocycles. The van der Waals surface area contributed by atoms with E-state index in [9.17, 15) is 0 Å². The van der Waals surface area contributed by atoms with E-state index in [1.165, 1.54) is 82.4 Å². The number of nitrogens with zero attached hydrogens (tertiary/aromatic N) is 1. The molecule has 0 radical (unpaired) electrons. The molecule has 1 nitrogen and oxygen atoms in total. The van der Waals surface area contributed by atoms with Crippen molar-refractivity contribution >= 4 is 49.4 Å². The van der Waals surface area contributed by atoms with Gasteiger partial charge in [-0.15, -0.1) is 0 Å². The van der Waals surface area contributed by atoms with Crippen molar-refractivity contribution in [3.05, 3.63) is 131 Å². The monoisotopic (exact) mass is 511 g/mol. The molecule has 1 heterocycles. The number of allylic oxidation sites excluding steroid dienone is 1. The average Bonchev–Trinajstić information content (AvgIpc) is 3.46. The van der Waals surface area contributed by atoms with E-state index < -0.39 is 0 Å². The average molecular weight is 512 g/mol. The van der Waals surface area contributed by atoms with Crippen LogP contribution in [0, 0.1) is 0 Å². The molecule has 190 valence electrons. The van der Waals surface area contributed by atoms with Crippen LogP contribution in [0.15, 0.2) is 109 Å². The van der Waals surface area contributed by atoms with Crippen molar-refractivity contribution in [3.8, 4) is 16.8 Å². The molecule has 1 aromatic heterocycles. The van der Waals surface area contributed by atoms with Crippen molar-refractivity contribution in [1.82, 2.24) is 4.57 Å². The first kappa shape index (κ1) is 22.2. The normalized spacial score (nSPS) is 15.2. The molecule has 0 unspecified atom stereocenters. The van der Waals surface area contributed by atoms with Gasteiger partial charge in [-0.05, 0) is 92.0 Å². The Kier molecular flexibility index (Phi) is 4.30. The Morgan fingerprint density at radius 1 is 0.675 bits per heavy atom. The van der Waals surface area contributed by atoms with Crippen LogP contribution in [0.5, 0.6) is 0 Å². The van der Waals surface area contributed by atoms with Crippen LogP contribution in [0.3, 0.4) is 0 Å². The van der Waals surface area contributed by atoms with Crippen LogP contribution >= 0.6 is 0 Å². The van der Waals surface area contributed by atoms with Gasteiger partial charge in [0.2, 0.25) is 0 Å². The van der Waals surface area contributed by atoms with Gasteiger partial charge in [-0.1, -0.05) is 105 Å². The van der Waals surface area contributed by atoms with Gasteiger partial charge in [0.1, 0.15) is 0 Å². The third-order valence-corrected chi connectivity index (χ3v) is 9.60. The predicted molar refractivity (Wildman–Crippen MR) is 171 cm³/mol. The molecule has 0 N–H and O–H groups in total. The van der Waals surface area contributed by atoms with Crippen molar-refractivity contribution in [3.63, 3.8) is 0 Å². The smallest absolute Gasteiger partial charge is 0.0547 e. The first-order valence-corrected chi connectivity index (χ1v) is 14.4. The number of para-hydroxylation sites is 1. The number of benzene rings is 6. The molecule has 9 rings (SSSR count). The lowest BCUT2D eigenvalue weighted by molar-refractivity contribution is 0.666. The van der Waals surface area contributed by atoms with E-state index in [0.717, 1.165) is 12.8 Å². The zero-order chi connectivity index (χ0) is 26.6. The topological polar surface area (TPSA) is 4.93 Å². The number of hydrogen-bond donors (Lipinski definition) is 0. The van der Waals surface area contributed by atoms with Gasteiger partial charge in [0, 0.05) is 21.9 Å². The maximum atomic E-state index is 2.49. The van der Waals surface area contributed by atoms with Crippen LogP contribution in [-0.4, -0.2) is 4.57 Å². The van der Waals surface area contributed by atoms with E-state index >= 15 is 0 Å².